The fourth-order valence-electron chi connectivity index (χ4n) is 1.69. The molecular weight excluding hydrogens is 242 g/mol. The summed E-state index contributed by atoms with van der Waals surface area (Å²) in [6, 6.07) is 4.98. The van der Waals surface area contributed by atoms with Gasteiger partial charge in [0.15, 0.2) is 0 Å². The zero-order valence-electron chi connectivity index (χ0n) is 9.45. The van der Waals surface area contributed by atoms with E-state index in [4.69, 9.17) is 16.3 Å². The normalized spacial score (nSPS) is 12.7. The molecule has 5 heteroatoms. The molecule has 0 radical (unpaired) electrons. The van der Waals surface area contributed by atoms with Crippen LogP contribution in [-0.4, -0.2) is 17.2 Å². The van der Waals surface area contributed by atoms with Crippen LogP contribution in [0.15, 0.2) is 23.0 Å². The zero-order chi connectivity index (χ0) is 12.6. The molecule has 1 heterocycles. The Kier molecular flexibility index (Phi) is 3.09. The van der Waals surface area contributed by atoms with E-state index < -0.39 is 6.10 Å². The lowest BCUT2D eigenvalue weighted by atomic mass is 10.1. The van der Waals surface area contributed by atoms with Crippen molar-refractivity contribution in [3.05, 3.63) is 39.1 Å². The molecular formula is C12H12ClNO3. The minimum atomic E-state index is -0.816. The molecule has 0 spiro atoms. The maximum absolute atomic E-state index is 11.7. The zero-order valence-corrected chi connectivity index (χ0v) is 10.2. The standard InChI is InChI=1S/C12H12ClNO3/c1-6(15)8-3-7-4-9(13)11(17-2)5-10(7)14-12(8)16/h3-6,15H,1-2H3,(H,14,16)/t6-/m1/s1. The molecule has 1 atom stereocenters. The van der Waals surface area contributed by atoms with Gasteiger partial charge in [0.25, 0.3) is 5.56 Å². The number of hydrogen-bond donors (Lipinski definition) is 2. The molecule has 2 N–H and O–H groups in total. The van der Waals surface area contributed by atoms with Gasteiger partial charge in [-0.2, -0.15) is 0 Å². The minimum Gasteiger partial charge on any atom is -0.495 e. The van der Waals surface area contributed by atoms with E-state index in [0.29, 0.717) is 21.9 Å². The SMILES string of the molecule is COc1cc2[nH]c(=O)c([C@@H](C)O)cc2cc1Cl. The molecule has 0 aliphatic heterocycles. The van der Waals surface area contributed by atoms with Gasteiger partial charge in [0, 0.05) is 17.0 Å². The highest BCUT2D eigenvalue weighted by Crippen LogP contribution is 2.29. The molecule has 0 saturated heterocycles. The van der Waals surface area contributed by atoms with Gasteiger partial charge in [-0.3, -0.25) is 4.79 Å². The third-order valence-corrected chi connectivity index (χ3v) is 2.89. The first-order chi connectivity index (χ1) is 8.02. The topological polar surface area (TPSA) is 62.3 Å². The summed E-state index contributed by atoms with van der Waals surface area (Å²) in [6.45, 7) is 1.54. The smallest absolute Gasteiger partial charge is 0.254 e. The van der Waals surface area contributed by atoms with Crippen molar-refractivity contribution in [1.29, 1.82) is 0 Å². The molecule has 4 nitrogen and oxygen atoms in total. The van der Waals surface area contributed by atoms with E-state index >= 15 is 0 Å². The Hall–Kier alpha value is -1.52. The number of aliphatic hydroxyl groups is 1. The average Bonchev–Trinajstić information content (AvgIpc) is 2.27. The Morgan fingerprint density at radius 3 is 2.71 bits per heavy atom. The number of aromatic amines is 1. The van der Waals surface area contributed by atoms with Crippen molar-refractivity contribution in [3.63, 3.8) is 0 Å². The van der Waals surface area contributed by atoms with E-state index in [1.165, 1.54) is 7.11 Å². The number of methoxy groups -OCH3 is 1. The van der Waals surface area contributed by atoms with Crippen LogP contribution in [0.4, 0.5) is 0 Å². The summed E-state index contributed by atoms with van der Waals surface area (Å²) < 4.78 is 5.07. The number of pyridine rings is 1. The fourth-order valence-corrected chi connectivity index (χ4v) is 1.94. The van der Waals surface area contributed by atoms with Crippen LogP contribution in [0.1, 0.15) is 18.6 Å². The number of hydrogen-bond acceptors (Lipinski definition) is 3. The molecule has 0 bridgehead atoms. The van der Waals surface area contributed by atoms with Gasteiger partial charge in [-0.25, -0.2) is 0 Å². The Balaban J connectivity index is 2.75. The van der Waals surface area contributed by atoms with Gasteiger partial charge in [0.05, 0.1) is 23.8 Å². The molecule has 0 aliphatic rings. The maximum atomic E-state index is 11.7. The highest BCUT2D eigenvalue weighted by Gasteiger charge is 2.10. The molecule has 90 valence electrons. The molecule has 0 unspecified atom stereocenters. The molecule has 0 amide bonds. The van der Waals surface area contributed by atoms with Crippen LogP contribution in [0.2, 0.25) is 5.02 Å². The molecule has 0 aliphatic carbocycles. The average molecular weight is 254 g/mol. The van der Waals surface area contributed by atoms with Gasteiger partial charge in [-0.05, 0) is 19.1 Å². The van der Waals surface area contributed by atoms with Crippen LogP contribution in [0, 0.1) is 0 Å². The summed E-state index contributed by atoms with van der Waals surface area (Å²) in [5.41, 5.74) is 0.635. The Morgan fingerprint density at radius 1 is 1.41 bits per heavy atom. The van der Waals surface area contributed by atoms with Crippen molar-refractivity contribution >= 4 is 22.5 Å². The van der Waals surface area contributed by atoms with Crippen molar-refractivity contribution in [1.82, 2.24) is 4.98 Å². The number of benzene rings is 1. The van der Waals surface area contributed by atoms with Gasteiger partial charge in [0.1, 0.15) is 5.75 Å². The fraction of sp³-hybridized carbons (Fsp3) is 0.250. The number of aliphatic hydroxyl groups excluding tert-OH is 1. The van der Waals surface area contributed by atoms with E-state index in [1.807, 2.05) is 0 Å². The van der Waals surface area contributed by atoms with Gasteiger partial charge in [-0.15, -0.1) is 0 Å². The number of H-pyrrole nitrogens is 1. The van der Waals surface area contributed by atoms with Crippen LogP contribution < -0.4 is 10.3 Å². The highest BCUT2D eigenvalue weighted by molar-refractivity contribution is 6.32. The van der Waals surface area contributed by atoms with Crippen molar-refractivity contribution in [2.75, 3.05) is 7.11 Å². The summed E-state index contributed by atoms with van der Waals surface area (Å²) in [5, 5.41) is 10.7. The lowest BCUT2D eigenvalue weighted by Crippen LogP contribution is -2.14. The van der Waals surface area contributed by atoms with E-state index in [9.17, 15) is 9.90 Å². The number of aromatic nitrogens is 1. The molecule has 2 rings (SSSR count). The predicted molar refractivity (Wildman–Crippen MR) is 66.8 cm³/mol. The number of ether oxygens (including phenoxy) is 1. The molecule has 0 saturated carbocycles. The molecule has 0 fully saturated rings. The number of fused-ring (bicyclic) bond motifs is 1. The quantitative estimate of drug-likeness (QED) is 0.863. The monoisotopic (exact) mass is 253 g/mol. The summed E-state index contributed by atoms with van der Waals surface area (Å²) in [7, 11) is 1.51. The third-order valence-electron chi connectivity index (χ3n) is 2.60. The summed E-state index contributed by atoms with van der Waals surface area (Å²) in [5.74, 6) is 0.500. The molecule has 17 heavy (non-hydrogen) atoms. The van der Waals surface area contributed by atoms with Gasteiger partial charge < -0.3 is 14.8 Å². The van der Waals surface area contributed by atoms with E-state index in [-0.39, 0.29) is 5.56 Å². The van der Waals surface area contributed by atoms with Crippen LogP contribution in [0.3, 0.4) is 0 Å². The molecule has 2 aromatic rings. The van der Waals surface area contributed by atoms with Gasteiger partial charge >= 0.3 is 0 Å². The van der Waals surface area contributed by atoms with Crippen molar-refractivity contribution in [3.8, 4) is 5.75 Å². The van der Waals surface area contributed by atoms with Gasteiger partial charge in [-0.1, -0.05) is 11.6 Å². The van der Waals surface area contributed by atoms with E-state index in [0.717, 1.165) is 5.39 Å². The third kappa shape index (κ3) is 2.14. The minimum absolute atomic E-state index is 0.308. The first kappa shape index (κ1) is 12.0. The first-order valence-corrected chi connectivity index (χ1v) is 5.49. The highest BCUT2D eigenvalue weighted by atomic mass is 35.5. The largest absolute Gasteiger partial charge is 0.495 e. The number of rotatable bonds is 2. The Bertz CT molecular complexity index is 619. The predicted octanol–water partition coefficient (Wildman–Crippen LogP) is 2.24. The van der Waals surface area contributed by atoms with Gasteiger partial charge in [0.2, 0.25) is 0 Å². The number of halogens is 1. The van der Waals surface area contributed by atoms with Crippen LogP contribution in [-0.2, 0) is 0 Å². The summed E-state index contributed by atoms with van der Waals surface area (Å²) in [4.78, 5) is 14.4. The first-order valence-electron chi connectivity index (χ1n) is 5.11. The number of nitrogens with one attached hydrogen (secondary N) is 1. The maximum Gasteiger partial charge on any atom is 0.254 e. The van der Waals surface area contributed by atoms with Crippen LogP contribution in [0.25, 0.3) is 10.9 Å². The second-order valence-corrected chi connectivity index (χ2v) is 4.21. The second-order valence-electron chi connectivity index (χ2n) is 3.80. The molecule has 1 aromatic heterocycles. The summed E-state index contributed by atoms with van der Waals surface area (Å²) in [6.07, 6.45) is -0.816. The second kappa shape index (κ2) is 4.39. The Labute approximate surface area is 103 Å². The Morgan fingerprint density at radius 2 is 2.12 bits per heavy atom. The van der Waals surface area contributed by atoms with Crippen LogP contribution >= 0.6 is 11.6 Å². The van der Waals surface area contributed by atoms with Crippen molar-refractivity contribution < 1.29 is 9.84 Å². The van der Waals surface area contributed by atoms with Crippen molar-refractivity contribution in [2.45, 2.75) is 13.0 Å². The lowest BCUT2D eigenvalue weighted by molar-refractivity contribution is 0.198. The summed E-state index contributed by atoms with van der Waals surface area (Å²) >= 11 is 6.00. The van der Waals surface area contributed by atoms with Crippen molar-refractivity contribution in [2.24, 2.45) is 0 Å². The molecule has 1 aromatic carbocycles. The lowest BCUT2D eigenvalue weighted by Gasteiger charge is -2.08. The van der Waals surface area contributed by atoms with E-state index in [1.54, 1.807) is 25.1 Å². The van der Waals surface area contributed by atoms with E-state index in [2.05, 4.69) is 4.98 Å². The van der Waals surface area contributed by atoms with Crippen LogP contribution in [0.5, 0.6) is 5.75 Å².